The van der Waals surface area contributed by atoms with Gasteiger partial charge in [-0.05, 0) is 67.7 Å². The molecule has 1 aromatic carbocycles. The van der Waals surface area contributed by atoms with Crippen LogP contribution in [-0.2, 0) is 6.42 Å². The Hall–Kier alpha value is -0.240. The molecule has 2 aliphatic carbocycles. The number of halogens is 2. The van der Waals surface area contributed by atoms with Gasteiger partial charge in [0.2, 0.25) is 0 Å². The Morgan fingerprint density at radius 2 is 2.00 bits per heavy atom. The third-order valence-corrected chi connectivity index (χ3v) is 5.64. The Bertz CT molecular complexity index is 464. The molecule has 0 aliphatic heterocycles. The van der Waals surface area contributed by atoms with E-state index < -0.39 is 0 Å². The minimum Gasteiger partial charge on any atom is -0.313 e. The monoisotopic (exact) mass is 311 g/mol. The molecule has 0 spiro atoms. The molecule has 2 saturated carbocycles. The minimum atomic E-state index is 0.587. The highest BCUT2D eigenvalue weighted by Crippen LogP contribution is 2.59. The van der Waals surface area contributed by atoms with Crippen molar-refractivity contribution in [1.82, 2.24) is 5.32 Å². The van der Waals surface area contributed by atoms with Crippen molar-refractivity contribution in [2.24, 2.45) is 17.8 Å². The van der Waals surface area contributed by atoms with Crippen LogP contribution in [0.15, 0.2) is 18.2 Å². The molecule has 0 radical (unpaired) electrons. The average Bonchev–Trinajstić information content (AvgIpc) is 2.90. The largest absolute Gasteiger partial charge is 0.313 e. The zero-order valence-electron chi connectivity index (χ0n) is 12.0. The summed E-state index contributed by atoms with van der Waals surface area (Å²) >= 11 is 12.3. The van der Waals surface area contributed by atoms with Gasteiger partial charge in [-0.3, -0.25) is 0 Å². The first kappa shape index (κ1) is 14.7. The predicted octanol–water partition coefficient (Wildman–Crippen LogP) is 4.95. The van der Waals surface area contributed by atoms with Crippen LogP contribution in [0.25, 0.3) is 0 Å². The smallest absolute Gasteiger partial charge is 0.0453 e. The van der Waals surface area contributed by atoms with Gasteiger partial charge in [-0.1, -0.05) is 42.6 Å². The first-order valence-electron chi connectivity index (χ1n) is 7.88. The van der Waals surface area contributed by atoms with E-state index in [0.717, 1.165) is 40.8 Å². The fourth-order valence-corrected chi connectivity index (χ4v) is 4.56. The zero-order chi connectivity index (χ0) is 14.1. The second-order valence-corrected chi connectivity index (χ2v) is 7.18. The topological polar surface area (TPSA) is 12.0 Å². The molecule has 3 rings (SSSR count). The first-order chi connectivity index (χ1) is 9.70. The van der Waals surface area contributed by atoms with Crippen molar-refractivity contribution in [3.05, 3.63) is 33.8 Å². The van der Waals surface area contributed by atoms with E-state index in [1.54, 1.807) is 0 Å². The van der Waals surface area contributed by atoms with Crippen molar-refractivity contribution >= 4 is 23.2 Å². The van der Waals surface area contributed by atoms with Gasteiger partial charge in [0, 0.05) is 16.1 Å². The normalized spacial score (nSPS) is 29.2. The van der Waals surface area contributed by atoms with E-state index in [1.807, 2.05) is 12.1 Å². The van der Waals surface area contributed by atoms with E-state index >= 15 is 0 Å². The number of nitrogens with one attached hydrogen (secondary N) is 1. The summed E-state index contributed by atoms with van der Waals surface area (Å²) in [6, 6.07) is 6.49. The summed E-state index contributed by atoms with van der Waals surface area (Å²) < 4.78 is 0. The molecule has 0 aromatic heterocycles. The molecule has 3 heteroatoms. The molecule has 2 aliphatic rings. The standard InChI is InChI=1S/C17H23Cl2N/c1-2-8-20-16(17-13-4-3-5-14(13)17)9-11-6-7-12(18)10-15(11)19/h6-7,10,13-14,16-17,20H,2-5,8-9H2,1H3. The lowest BCUT2D eigenvalue weighted by Gasteiger charge is -2.21. The molecule has 110 valence electrons. The van der Waals surface area contributed by atoms with Crippen molar-refractivity contribution in [2.75, 3.05) is 6.54 Å². The summed E-state index contributed by atoms with van der Waals surface area (Å²) in [5, 5.41) is 5.29. The highest BCUT2D eigenvalue weighted by Gasteiger charge is 2.55. The summed E-state index contributed by atoms with van der Waals surface area (Å²) in [4.78, 5) is 0. The fourth-order valence-electron chi connectivity index (χ4n) is 4.07. The molecule has 0 amide bonds. The molecular formula is C17H23Cl2N. The number of hydrogen-bond donors (Lipinski definition) is 1. The van der Waals surface area contributed by atoms with Crippen LogP contribution >= 0.6 is 23.2 Å². The van der Waals surface area contributed by atoms with Crippen molar-refractivity contribution in [2.45, 2.75) is 45.1 Å². The van der Waals surface area contributed by atoms with E-state index in [0.29, 0.717) is 6.04 Å². The molecule has 0 bridgehead atoms. The molecule has 3 unspecified atom stereocenters. The van der Waals surface area contributed by atoms with E-state index in [2.05, 4.69) is 18.3 Å². The number of rotatable bonds is 6. The summed E-state index contributed by atoms with van der Waals surface area (Å²) in [6.45, 7) is 3.33. The maximum absolute atomic E-state index is 6.34. The molecule has 0 heterocycles. The highest BCUT2D eigenvalue weighted by molar-refractivity contribution is 6.35. The maximum Gasteiger partial charge on any atom is 0.0453 e. The van der Waals surface area contributed by atoms with Crippen LogP contribution in [-0.4, -0.2) is 12.6 Å². The van der Waals surface area contributed by atoms with Gasteiger partial charge in [0.05, 0.1) is 0 Å². The van der Waals surface area contributed by atoms with Crippen LogP contribution in [0.3, 0.4) is 0 Å². The second-order valence-electron chi connectivity index (χ2n) is 6.34. The third-order valence-electron chi connectivity index (χ3n) is 5.05. The highest BCUT2D eigenvalue weighted by atomic mass is 35.5. The Kier molecular flexibility index (Phi) is 4.59. The van der Waals surface area contributed by atoms with Crippen molar-refractivity contribution in [1.29, 1.82) is 0 Å². The zero-order valence-corrected chi connectivity index (χ0v) is 13.6. The second kappa shape index (κ2) is 6.25. The summed E-state index contributed by atoms with van der Waals surface area (Å²) in [5.41, 5.74) is 1.23. The molecule has 3 atom stereocenters. The van der Waals surface area contributed by atoms with Crippen LogP contribution in [0, 0.1) is 17.8 Å². The van der Waals surface area contributed by atoms with E-state index in [4.69, 9.17) is 23.2 Å². The average molecular weight is 312 g/mol. The minimum absolute atomic E-state index is 0.587. The summed E-state index contributed by atoms with van der Waals surface area (Å²) in [5.74, 6) is 2.84. The number of hydrogen-bond acceptors (Lipinski definition) is 1. The van der Waals surface area contributed by atoms with Gasteiger partial charge in [0.25, 0.3) is 0 Å². The molecule has 0 saturated heterocycles. The number of benzene rings is 1. The molecule has 2 fully saturated rings. The van der Waals surface area contributed by atoms with Crippen LogP contribution in [0.4, 0.5) is 0 Å². The lowest BCUT2D eigenvalue weighted by molar-refractivity contribution is 0.403. The Morgan fingerprint density at radius 1 is 1.25 bits per heavy atom. The molecule has 20 heavy (non-hydrogen) atoms. The predicted molar refractivity (Wildman–Crippen MR) is 86.6 cm³/mol. The van der Waals surface area contributed by atoms with Gasteiger partial charge >= 0.3 is 0 Å². The van der Waals surface area contributed by atoms with Gasteiger partial charge in [-0.25, -0.2) is 0 Å². The Balaban J connectivity index is 1.69. The van der Waals surface area contributed by atoms with E-state index in [9.17, 15) is 0 Å². The lowest BCUT2D eigenvalue weighted by atomic mass is 9.97. The molecule has 1 aromatic rings. The van der Waals surface area contributed by atoms with Crippen LogP contribution in [0.1, 0.15) is 38.2 Å². The first-order valence-corrected chi connectivity index (χ1v) is 8.63. The SMILES string of the molecule is CCCNC(Cc1ccc(Cl)cc1Cl)C1C2CCCC21. The van der Waals surface area contributed by atoms with Crippen molar-refractivity contribution in [3.8, 4) is 0 Å². The Labute approximate surface area is 132 Å². The lowest BCUT2D eigenvalue weighted by Crippen LogP contribution is -2.35. The fraction of sp³-hybridized carbons (Fsp3) is 0.647. The van der Waals surface area contributed by atoms with E-state index in [-0.39, 0.29) is 0 Å². The molecule has 1 N–H and O–H groups in total. The maximum atomic E-state index is 6.34. The Morgan fingerprint density at radius 3 is 2.65 bits per heavy atom. The summed E-state index contributed by atoms with van der Waals surface area (Å²) in [7, 11) is 0. The molecule has 1 nitrogen and oxygen atoms in total. The van der Waals surface area contributed by atoms with Crippen LogP contribution in [0.2, 0.25) is 10.0 Å². The van der Waals surface area contributed by atoms with Crippen LogP contribution in [0.5, 0.6) is 0 Å². The summed E-state index contributed by atoms with van der Waals surface area (Å²) in [6.07, 6.45) is 6.54. The van der Waals surface area contributed by atoms with Gasteiger partial charge in [0.15, 0.2) is 0 Å². The van der Waals surface area contributed by atoms with Crippen molar-refractivity contribution in [3.63, 3.8) is 0 Å². The van der Waals surface area contributed by atoms with Gasteiger partial charge in [-0.2, -0.15) is 0 Å². The van der Waals surface area contributed by atoms with Crippen LogP contribution < -0.4 is 5.32 Å². The molecular weight excluding hydrogens is 289 g/mol. The van der Waals surface area contributed by atoms with Gasteiger partial charge < -0.3 is 5.32 Å². The quantitative estimate of drug-likeness (QED) is 0.783. The van der Waals surface area contributed by atoms with Gasteiger partial charge in [0.1, 0.15) is 0 Å². The third kappa shape index (κ3) is 3.00. The van der Waals surface area contributed by atoms with E-state index in [1.165, 1.54) is 31.2 Å². The number of fused-ring (bicyclic) bond motifs is 1. The van der Waals surface area contributed by atoms with Crippen molar-refractivity contribution < 1.29 is 0 Å². The van der Waals surface area contributed by atoms with Gasteiger partial charge in [-0.15, -0.1) is 0 Å².